The summed E-state index contributed by atoms with van der Waals surface area (Å²) >= 11 is 1.49. The molecule has 8 heteroatoms. The molecule has 1 amide bonds. The van der Waals surface area contributed by atoms with E-state index < -0.39 is 5.41 Å². The molecule has 158 valence electrons. The third-order valence-electron chi connectivity index (χ3n) is 5.52. The number of hydrogen-bond acceptors (Lipinski definition) is 7. The van der Waals surface area contributed by atoms with Crippen molar-refractivity contribution < 1.29 is 9.53 Å². The normalized spacial score (nSPS) is 17.5. The van der Waals surface area contributed by atoms with Gasteiger partial charge in [0.25, 0.3) is 5.91 Å². The highest BCUT2D eigenvalue weighted by Crippen LogP contribution is 2.32. The Morgan fingerprint density at radius 3 is 2.88 bits per heavy atom. The number of nitriles is 1. The molecule has 5 rings (SSSR count). The van der Waals surface area contributed by atoms with Crippen LogP contribution in [0, 0.1) is 11.3 Å². The first-order valence-electron chi connectivity index (χ1n) is 10.1. The molecule has 0 saturated carbocycles. The number of aromatic nitrogens is 3. The lowest BCUT2D eigenvalue weighted by Gasteiger charge is -2.30. The quantitative estimate of drug-likeness (QED) is 0.514. The van der Waals surface area contributed by atoms with Crippen molar-refractivity contribution in [2.75, 3.05) is 6.61 Å². The number of amides is 1. The Kier molecular flexibility index (Phi) is 5.13. The van der Waals surface area contributed by atoms with Crippen LogP contribution in [0.2, 0.25) is 0 Å². The zero-order valence-electron chi connectivity index (χ0n) is 17.3. The molecule has 2 aromatic carbocycles. The van der Waals surface area contributed by atoms with Crippen LogP contribution in [-0.4, -0.2) is 27.7 Å². The summed E-state index contributed by atoms with van der Waals surface area (Å²) in [7, 11) is 0. The van der Waals surface area contributed by atoms with Crippen molar-refractivity contribution in [3.05, 3.63) is 77.0 Å². The fourth-order valence-corrected chi connectivity index (χ4v) is 4.61. The minimum absolute atomic E-state index is 0.232. The van der Waals surface area contributed by atoms with Gasteiger partial charge < -0.3 is 10.1 Å². The van der Waals surface area contributed by atoms with E-state index in [1.807, 2.05) is 49.4 Å². The highest BCUT2D eigenvalue weighted by atomic mass is 32.1. The van der Waals surface area contributed by atoms with Crippen molar-refractivity contribution in [2.24, 2.45) is 0 Å². The van der Waals surface area contributed by atoms with Gasteiger partial charge in [-0.15, -0.1) is 5.10 Å². The summed E-state index contributed by atoms with van der Waals surface area (Å²) in [5.41, 5.74) is 3.94. The van der Waals surface area contributed by atoms with Gasteiger partial charge in [0.15, 0.2) is 4.83 Å². The first-order chi connectivity index (χ1) is 15.6. The number of ether oxygens (including phenoxy) is 1. The Balaban J connectivity index is 1.33. The van der Waals surface area contributed by atoms with Gasteiger partial charge in [0, 0.05) is 11.1 Å². The molecule has 1 aliphatic heterocycles. The SMILES string of the molecule is CC1(C#N)COCc2ccc(C(=O)NCc3cc4nc(-c5ccccc5)sc4nn3)cc21. The van der Waals surface area contributed by atoms with Crippen LogP contribution in [0.5, 0.6) is 0 Å². The van der Waals surface area contributed by atoms with E-state index in [2.05, 4.69) is 26.6 Å². The fraction of sp³-hybridized carbons (Fsp3) is 0.208. The molecule has 1 atom stereocenters. The average molecular weight is 442 g/mol. The lowest BCUT2D eigenvalue weighted by Crippen LogP contribution is -2.33. The van der Waals surface area contributed by atoms with E-state index in [0.29, 0.717) is 24.5 Å². The van der Waals surface area contributed by atoms with Crippen LogP contribution in [-0.2, 0) is 23.3 Å². The number of thiazole rings is 1. The van der Waals surface area contributed by atoms with E-state index >= 15 is 0 Å². The van der Waals surface area contributed by atoms with Gasteiger partial charge in [-0.1, -0.05) is 47.7 Å². The topological polar surface area (TPSA) is 101 Å². The van der Waals surface area contributed by atoms with Gasteiger partial charge in [-0.3, -0.25) is 4.79 Å². The molecule has 0 spiro atoms. The lowest BCUT2D eigenvalue weighted by molar-refractivity contribution is 0.0757. The summed E-state index contributed by atoms with van der Waals surface area (Å²) in [6, 6.07) is 19.5. The highest BCUT2D eigenvalue weighted by Gasteiger charge is 2.33. The zero-order valence-corrected chi connectivity index (χ0v) is 18.1. The summed E-state index contributed by atoms with van der Waals surface area (Å²) in [4.78, 5) is 18.2. The number of hydrogen-bond donors (Lipinski definition) is 1. The van der Waals surface area contributed by atoms with Gasteiger partial charge in [0.2, 0.25) is 0 Å². The average Bonchev–Trinajstić information content (AvgIpc) is 3.27. The third kappa shape index (κ3) is 3.73. The number of rotatable bonds is 4. The monoisotopic (exact) mass is 441 g/mol. The minimum Gasteiger partial charge on any atom is -0.375 e. The molecule has 7 nitrogen and oxygen atoms in total. The summed E-state index contributed by atoms with van der Waals surface area (Å²) < 4.78 is 5.53. The van der Waals surface area contributed by atoms with Gasteiger partial charge in [-0.25, -0.2) is 4.98 Å². The standard InChI is InChI=1S/C24H19N5O2S/c1-24(13-25)14-31-12-17-8-7-16(9-19(17)24)21(30)26-11-18-10-20-23(29-28-18)32-22(27-20)15-5-3-2-4-6-15/h2-10H,11-12,14H2,1H3,(H,26,30). The van der Waals surface area contributed by atoms with Crippen molar-refractivity contribution in [3.63, 3.8) is 0 Å². The molecule has 0 bridgehead atoms. The van der Waals surface area contributed by atoms with Gasteiger partial charge in [-0.2, -0.15) is 10.4 Å². The second-order valence-corrected chi connectivity index (χ2v) is 8.88. The molecule has 1 unspecified atom stereocenters. The molecule has 1 aliphatic rings. The van der Waals surface area contributed by atoms with Gasteiger partial charge >= 0.3 is 0 Å². The first kappa shape index (κ1) is 20.2. The van der Waals surface area contributed by atoms with E-state index in [-0.39, 0.29) is 12.5 Å². The predicted molar refractivity (Wildman–Crippen MR) is 121 cm³/mol. The molecule has 3 heterocycles. The molecule has 4 aromatic rings. The molecule has 0 fully saturated rings. The van der Waals surface area contributed by atoms with Crippen LogP contribution < -0.4 is 5.32 Å². The van der Waals surface area contributed by atoms with Crippen molar-refractivity contribution in [1.29, 1.82) is 5.26 Å². The van der Waals surface area contributed by atoms with Crippen LogP contribution >= 0.6 is 11.3 Å². The van der Waals surface area contributed by atoms with E-state index in [9.17, 15) is 10.1 Å². The maximum Gasteiger partial charge on any atom is 0.251 e. The molecule has 0 saturated heterocycles. The fourth-order valence-electron chi connectivity index (χ4n) is 3.74. The second kappa shape index (κ2) is 8.11. The number of nitrogens with zero attached hydrogens (tertiary/aromatic N) is 4. The number of nitrogens with one attached hydrogen (secondary N) is 1. The Morgan fingerprint density at radius 1 is 1.22 bits per heavy atom. The number of carbonyl (C=O) groups excluding carboxylic acids is 1. The summed E-state index contributed by atoms with van der Waals surface area (Å²) in [5, 5.41) is 21.9. The van der Waals surface area contributed by atoms with Crippen LogP contribution in [0.25, 0.3) is 20.9 Å². The maximum atomic E-state index is 12.8. The Bertz CT molecular complexity index is 1360. The first-order valence-corrected chi connectivity index (χ1v) is 11.0. The van der Waals surface area contributed by atoms with Crippen molar-refractivity contribution in [2.45, 2.75) is 25.5 Å². The zero-order chi connectivity index (χ0) is 22.1. The van der Waals surface area contributed by atoms with Crippen LogP contribution in [0.4, 0.5) is 0 Å². The largest absolute Gasteiger partial charge is 0.375 e. The summed E-state index contributed by atoms with van der Waals surface area (Å²) in [6.07, 6.45) is 0. The molecule has 0 radical (unpaired) electrons. The van der Waals surface area contributed by atoms with E-state index in [0.717, 1.165) is 32.0 Å². The third-order valence-corrected chi connectivity index (χ3v) is 6.52. The highest BCUT2D eigenvalue weighted by molar-refractivity contribution is 7.21. The predicted octanol–water partition coefficient (Wildman–Crippen LogP) is 3.99. The van der Waals surface area contributed by atoms with Gasteiger partial charge in [0.05, 0.1) is 31.5 Å². The van der Waals surface area contributed by atoms with E-state index in [4.69, 9.17) is 4.74 Å². The minimum atomic E-state index is -0.762. The smallest absolute Gasteiger partial charge is 0.251 e. The van der Waals surface area contributed by atoms with Gasteiger partial charge in [0.1, 0.15) is 15.9 Å². The van der Waals surface area contributed by atoms with Crippen molar-refractivity contribution in [1.82, 2.24) is 20.5 Å². The summed E-state index contributed by atoms with van der Waals surface area (Å²) in [6.45, 7) is 2.82. The maximum absolute atomic E-state index is 12.8. The Hall–Kier alpha value is -3.67. The number of fused-ring (bicyclic) bond motifs is 2. The van der Waals surface area contributed by atoms with E-state index in [1.165, 1.54) is 11.3 Å². The molecule has 2 aromatic heterocycles. The van der Waals surface area contributed by atoms with Crippen LogP contribution in [0.3, 0.4) is 0 Å². The van der Waals surface area contributed by atoms with Crippen LogP contribution in [0.15, 0.2) is 54.6 Å². The van der Waals surface area contributed by atoms with Crippen LogP contribution in [0.1, 0.15) is 34.1 Å². The molecule has 32 heavy (non-hydrogen) atoms. The molecule has 1 N–H and O–H groups in total. The van der Waals surface area contributed by atoms with E-state index in [1.54, 1.807) is 12.1 Å². The van der Waals surface area contributed by atoms with Gasteiger partial charge in [-0.05, 0) is 36.2 Å². The number of carbonyl (C=O) groups is 1. The van der Waals surface area contributed by atoms with Crippen molar-refractivity contribution in [3.8, 4) is 16.6 Å². The Labute approximate surface area is 188 Å². The molecular formula is C24H19N5O2S. The number of benzene rings is 2. The second-order valence-electron chi connectivity index (χ2n) is 7.90. The lowest BCUT2D eigenvalue weighted by atomic mass is 9.79. The molecule has 0 aliphatic carbocycles. The Morgan fingerprint density at radius 2 is 2.06 bits per heavy atom. The summed E-state index contributed by atoms with van der Waals surface area (Å²) in [5.74, 6) is -0.232. The van der Waals surface area contributed by atoms with Crippen molar-refractivity contribution >= 4 is 27.6 Å². The molecular weight excluding hydrogens is 422 g/mol.